The quantitative estimate of drug-likeness (QED) is 0.757. The van der Waals surface area contributed by atoms with Crippen LogP contribution >= 0.6 is 23.5 Å². The van der Waals surface area contributed by atoms with Crippen LogP contribution in [-0.4, -0.2) is 55.9 Å². The summed E-state index contributed by atoms with van der Waals surface area (Å²) in [6, 6.07) is -0.162. The molecule has 2 N–H and O–H groups in total. The van der Waals surface area contributed by atoms with E-state index in [1.807, 2.05) is 11.8 Å². The summed E-state index contributed by atoms with van der Waals surface area (Å²) in [7, 11) is 0. The number of hydrogen-bond donors (Lipinski definition) is 2. The van der Waals surface area contributed by atoms with E-state index in [2.05, 4.69) is 0 Å². The van der Waals surface area contributed by atoms with Gasteiger partial charge in [-0.25, -0.2) is 4.79 Å². The number of aliphatic carboxylic acids is 1. The number of rotatable bonds is 4. The minimum atomic E-state index is -1.03. The molecule has 20 heavy (non-hydrogen) atoms. The molecule has 3 rings (SSSR count). The summed E-state index contributed by atoms with van der Waals surface area (Å²) in [6.45, 7) is 1.60. The van der Waals surface area contributed by atoms with Crippen LogP contribution in [0.15, 0.2) is 10.6 Å². The van der Waals surface area contributed by atoms with Crippen LogP contribution in [0.3, 0.4) is 0 Å². The minimum absolute atomic E-state index is 0.152. The topological polar surface area (TPSA) is 77.8 Å². The maximum Gasteiger partial charge on any atom is 0.353 e. The van der Waals surface area contributed by atoms with Crippen molar-refractivity contribution >= 4 is 35.4 Å². The maximum absolute atomic E-state index is 12.0. The second kappa shape index (κ2) is 5.27. The number of thioether (sulfide) groups is 2. The molecule has 3 aliphatic rings. The van der Waals surface area contributed by atoms with Gasteiger partial charge in [0, 0.05) is 22.3 Å². The molecule has 2 fully saturated rings. The Morgan fingerprint density at radius 3 is 2.85 bits per heavy atom. The molecule has 3 unspecified atom stereocenters. The third kappa shape index (κ3) is 2.16. The Morgan fingerprint density at radius 1 is 1.55 bits per heavy atom. The van der Waals surface area contributed by atoms with E-state index in [-0.39, 0.29) is 17.6 Å². The Balaban J connectivity index is 1.81. The smallest absolute Gasteiger partial charge is 0.353 e. The number of β-lactam (4-membered cyclic amide) rings is 1. The Labute approximate surface area is 125 Å². The lowest BCUT2D eigenvalue weighted by atomic mass is 9.83. The van der Waals surface area contributed by atoms with Crippen LogP contribution in [0.2, 0.25) is 0 Å². The predicted molar refractivity (Wildman–Crippen MR) is 78.4 cm³/mol. The highest BCUT2D eigenvalue weighted by Gasteiger charge is 2.56. The summed E-state index contributed by atoms with van der Waals surface area (Å²) in [5.74, 6) is 0.437. The molecule has 1 amide bonds. The molecule has 5 nitrogen and oxygen atoms in total. The van der Waals surface area contributed by atoms with Crippen molar-refractivity contribution in [2.45, 2.75) is 37.2 Å². The zero-order valence-electron chi connectivity index (χ0n) is 11.1. The number of carboxylic acids is 1. The number of amides is 1. The molecule has 2 saturated heterocycles. The minimum Gasteiger partial charge on any atom is -0.477 e. The van der Waals surface area contributed by atoms with Crippen molar-refractivity contribution in [1.29, 1.82) is 0 Å². The van der Waals surface area contributed by atoms with Gasteiger partial charge in [0.15, 0.2) is 0 Å². The second-order valence-corrected chi connectivity index (χ2v) is 7.97. The molecule has 0 radical (unpaired) electrons. The summed E-state index contributed by atoms with van der Waals surface area (Å²) in [5.41, 5.74) is 0.152. The van der Waals surface area contributed by atoms with Crippen molar-refractivity contribution in [3.63, 3.8) is 0 Å². The highest BCUT2D eigenvalue weighted by Crippen LogP contribution is 2.49. The largest absolute Gasteiger partial charge is 0.477 e. The molecule has 7 heteroatoms. The number of carbonyl (C=O) groups is 2. The van der Waals surface area contributed by atoms with E-state index in [9.17, 15) is 19.8 Å². The van der Waals surface area contributed by atoms with Crippen LogP contribution in [-0.2, 0) is 9.59 Å². The normalized spacial score (nSPS) is 34.2. The van der Waals surface area contributed by atoms with Crippen LogP contribution in [0.4, 0.5) is 0 Å². The number of aliphatic hydroxyl groups is 1. The van der Waals surface area contributed by atoms with Gasteiger partial charge in [0.1, 0.15) is 5.70 Å². The molecule has 4 atom stereocenters. The lowest BCUT2D eigenvalue weighted by Gasteiger charge is -2.44. The van der Waals surface area contributed by atoms with Crippen LogP contribution in [0, 0.1) is 5.92 Å². The maximum atomic E-state index is 12.0. The molecule has 0 saturated carbocycles. The van der Waals surface area contributed by atoms with Gasteiger partial charge in [-0.2, -0.15) is 11.8 Å². The van der Waals surface area contributed by atoms with Gasteiger partial charge in [0.25, 0.3) is 0 Å². The molecule has 3 aliphatic heterocycles. The number of carbonyl (C=O) groups excluding carboxylic acids is 1. The number of nitrogens with zero attached hydrogens (tertiary/aromatic N) is 1. The summed E-state index contributed by atoms with van der Waals surface area (Å²) in [6.07, 6.45) is 0.948. The first kappa shape index (κ1) is 14.3. The van der Waals surface area contributed by atoms with E-state index in [1.54, 1.807) is 18.7 Å². The van der Waals surface area contributed by atoms with Crippen LogP contribution in [0.25, 0.3) is 0 Å². The summed E-state index contributed by atoms with van der Waals surface area (Å²) < 4.78 is 0. The fraction of sp³-hybridized carbons (Fsp3) is 0.692. The molecule has 0 bridgehead atoms. The van der Waals surface area contributed by atoms with Gasteiger partial charge in [0.05, 0.1) is 18.1 Å². The van der Waals surface area contributed by atoms with Crippen LogP contribution in [0.1, 0.15) is 19.8 Å². The Kier molecular flexibility index (Phi) is 3.77. The molecular formula is C13H17NO4S2. The Morgan fingerprint density at radius 2 is 2.30 bits per heavy atom. The fourth-order valence-electron chi connectivity index (χ4n) is 3.14. The fourth-order valence-corrected chi connectivity index (χ4v) is 6.10. The first-order chi connectivity index (χ1) is 9.50. The van der Waals surface area contributed by atoms with E-state index in [1.165, 1.54) is 4.90 Å². The standard InChI is InChI=1S/C13H17NO4S2/c1-6(15)10-8-4-9(20-7-2-3-19-5-7)11(13(17)18)14(8)12(10)16/h6-8,10,15H,2-5H2,1H3,(H,17,18)/t6?,7?,8-,10?/m1/s1. The average Bonchev–Trinajstić information content (AvgIpc) is 2.95. The van der Waals surface area contributed by atoms with E-state index in [0.29, 0.717) is 11.7 Å². The predicted octanol–water partition coefficient (Wildman–Crippen LogP) is 1.13. The lowest BCUT2D eigenvalue weighted by Crippen LogP contribution is -2.61. The highest BCUT2D eigenvalue weighted by atomic mass is 32.2. The molecule has 110 valence electrons. The monoisotopic (exact) mass is 315 g/mol. The van der Waals surface area contributed by atoms with Crippen molar-refractivity contribution < 1.29 is 19.8 Å². The van der Waals surface area contributed by atoms with Crippen LogP contribution < -0.4 is 0 Å². The zero-order valence-corrected chi connectivity index (χ0v) is 12.7. The lowest BCUT2D eigenvalue weighted by molar-refractivity contribution is -0.161. The number of hydrogen-bond acceptors (Lipinski definition) is 5. The molecule has 3 heterocycles. The van der Waals surface area contributed by atoms with E-state index < -0.39 is 18.0 Å². The SMILES string of the molecule is CC(O)C1C(=O)N2C(C(=O)O)=C(SC3CCSC3)C[C@H]12. The van der Waals surface area contributed by atoms with Gasteiger partial charge < -0.3 is 15.1 Å². The van der Waals surface area contributed by atoms with Gasteiger partial charge >= 0.3 is 5.97 Å². The zero-order chi connectivity index (χ0) is 14.4. The van der Waals surface area contributed by atoms with Gasteiger partial charge in [-0.1, -0.05) is 0 Å². The van der Waals surface area contributed by atoms with E-state index in [4.69, 9.17) is 0 Å². The number of fused-ring (bicyclic) bond motifs is 1. The van der Waals surface area contributed by atoms with Crippen molar-refractivity contribution in [3.05, 3.63) is 10.6 Å². The molecular weight excluding hydrogens is 298 g/mol. The first-order valence-corrected chi connectivity index (χ1v) is 8.76. The molecule has 0 aliphatic carbocycles. The van der Waals surface area contributed by atoms with Crippen molar-refractivity contribution in [2.24, 2.45) is 5.92 Å². The first-order valence-electron chi connectivity index (χ1n) is 6.72. The molecule has 0 aromatic carbocycles. The Hall–Kier alpha value is -0.660. The van der Waals surface area contributed by atoms with Crippen LogP contribution in [0.5, 0.6) is 0 Å². The molecule has 0 spiro atoms. The van der Waals surface area contributed by atoms with Crippen molar-refractivity contribution in [1.82, 2.24) is 4.90 Å². The summed E-state index contributed by atoms with van der Waals surface area (Å²) in [5, 5.41) is 19.5. The summed E-state index contributed by atoms with van der Waals surface area (Å²) in [4.78, 5) is 25.7. The number of carboxylic acid groups (broad SMARTS) is 1. The van der Waals surface area contributed by atoms with Gasteiger partial charge in [-0.3, -0.25) is 4.79 Å². The second-order valence-electron chi connectivity index (χ2n) is 5.43. The number of aliphatic hydroxyl groups excluding tert-OH is 1. The van der Waals surface area contributed by atoms with E-state index in [0.717, 1.165) is 22.8 Å². The highest BCUT2D eigenvalue weighted by molar-refractivity contribution is 8.06. The molecule has 0 aromatic rings. The average molecular weight is 315 g/mol. The van der Waals surface area contributed by atoms with E-state index >= 15 is 0 Å². The van der Waals surface area contributed by atoms with Gasteiger partial charge in [-0.05, 0) is 19.1 Å². The van der Waals surface area contributed by atoms with Gasteiger partial charge in [0.2, 0.25) is 5.91 Å². The Bertz CT molecular complexity index is 485. The van der Waals surface area contributed by atoms with Gasteiger partial charge in [-0.15, -0.1) is 11.8 Å². The molecule has 0 aromatic heterocycles. The van der Waals surface area contributed by atoms with Crippen molar-refractivity contribution in [2.75, 3.05) is 11.5 Å². The third-order valence-electron chi connectivity index (χ3n) is 4.09. The van der Waals surface area contributed by atoms with Crippen molar-refractivity contribution in [3.8, 4) is 0 Å². The summed E-state index contributed by atoms with van der Waals surface area (Å²) >= 11 is 3.50. The third-order valence-corrected chi connectivity index (χ3v) is 6.84.